The average molecular weight is 226 g/mol. The van der Waals surface area contributed by atoms with Crippen LogP contribution in [0.1, 0.15) is 18.9 Å². The lowest BCUT2D eigenvalue weighted by atomic mass is 10.2. The second-order valence-electron chi connectivity index (χ2n) is 3.29. The Morgan fingerprint density at radius 3 is 2.80 bits per heavy atom. The van der Waals surface area contributed by atoms with E-state index >= 15 is 0 Å². The molecule has 0 radical (unpaired) electrons. The molecule has 0 amide bonds. The second kappa shape index (κ2) is 5.75. The first kappa shape index (κ1) is 12.0. The summed E-state index contributed by atoms with van der Waals surface area (Å²) in [6, 6.07) is 4.47. The molecule has 3 heteroatoms. The lowest BCUT2D eigenvalue weighted by molar-refractivity contribution is 0.585. The summed E-state index contributed by atoms with van der Waals surface area (Å²) in [6.45, 7) is 2.52. The molecule has 0 aliphatic rings. The molecule has 80 valence electrons. The summed E-state index contributed by atoms with van der Waals surface area (Å²) in [5, 5.41) is 3.53. The van der Waals surface area contributed by atoms with E-state index < -0.39 is 0 Å². The van der Waals surface area contributed by atoms with Gasteiger partial charge in [0.05, 0.1) is 6.04 Å². The van der Waals surface area contributed by atoms with Crippen molar-refractivity contribution in [1.29, 1.82) is 0 Å². The van der Waals surface area contributed by atoms with Gasteiger partial charge in [-0.15, -0.1) is 6.42 Å². The van der Waals surface area contributed by atoms with Crippen LogP contribution < -0.4 is 5.32 Å². The van der Waals surface area contributed by atoms with Crippen LogP contribution in [0.2, 0.25) is 5.02 Å². The summed E-state index contributed by atoms with van der Waals surface area (Å²) in [5.74, 6) is 2.29. The summed E-state index contributed by atoms with van der Waals surface area (Å²) < 4.78 is 13.0. The molecule has 0 aliphatic carbocycles. The first-order valence-electron chi connectivity index (χ1n) is 4.80. The standard InChI is InChI=1S/C12H13ClFN/c1-3-12(4-2)15-8-9-5-10(13)7-11(14)6-9/h1,5-7,12,15H,4,8H2,2H3. The van der Waals surface area contributed by atoms with E-state index in [1.54, 1.807) is 6.07 Å². The molecule has 1 nitrogen and oxygen atoms in total. The summed E-state index contributed by atoms with van der Waals surface area (Å²) >= 11 is 5.73. The maximum atomic E-state index is 13.0. The number of hydrogen-bond donors (Lipinski definition) is 1. The molecule has 0 heterocycles. The van der Waals surface area contributed by atoms with Crippen LogP contribution in [0.25, 0.3) is 0 Å². The van der Waals surface area contributed by atoms with E-state index in [9.17, 15) is 4.39 Å². The van der Waals surface area contributed by atoms with Crippen LogP contribution in [0.3, 0.4) is 0 Å². The molecule has 1 N–H and O–H groups in total. The van der Waals surface area contributed by atoms with Crippen molar-refractivity contribution >= 4 is 11.6 Å². The van der Waals surface area contributed by atoms with Crippen molar-refractivity contribution in [3.63, 3.8) is 0 Å². The maximum Gasteiger partial charge on any atom is 0.125 e. The van der Waals surface area contributed by atoms with Crippen LogP contribution in [0.15, 0.2) is 18.2 Å². The van der Waals surface area contributed by atoms with Crippen LogP contribution >= 0.6 is 11.6 Å². The molecule has 1 rings (SSSR count). The highest BCUT2D eigenvalue weighted by Gasteiger charge is 2.03. The second-order valence-corrected chi connectivity index (χ2v) is 3.72. The van der Waals surface area contributed by atoms with Gasteiger partial charge >= 0.3 is 0 Å². The molecular weight excluding hydrogens is 213 g/mol. The quantitative estimate of drug-likeness (QED) is 0.777. The fraction of sp³-hybridized carbons (Fsp3) is 0.333. The summed E-state index contributed by atoms with van der Waals surface area (Å²) in [4.78, 5) is 0. The van der Waals surface area contributed by atoms with E-state index in [0.29, 0.717) is 11.6 Å². The summed E-state index contributed by atoms with van der Waals surface area (Å²) in [7, 11) is 0. The van der Waals surface area contributed by atoms with Crippen LogP contribution in [-0.4, -0.2) is 6.04 Å². The van der Waals surface area contributed by atoms with Crippen molar-refractivity contribution < 1.29 is 4.39 Å². The Labute approximate surface area is 94.6 Å². The lowest BCUT2D eigenvalue weighted by Gasteiger charge is -2.10. The Balaban J connectivity index is 2.62. The fourth-order valence-corrected chi connectivity index (χ4v) is 1.52. The van der Waals surface area contributed by atoms with Gasteiger partial charge in [0.25, 0.3) is 0 Å². The molecule has 0 saturated heterocycles. The first-order valence-corrected chi connectivity index (χ1v) is 5.18. The van der Waals surface area contributed by atoms with Crippen molar-refractivity contribution in [1.82, 2.24) is 5.32 Å². The van der Waals surface area contributed by atoms with Crippen LogP contribution in [0.4, 0.5) is 4.39 Å². The third-order valence-corrected chi connectivity index (χ3v) is 2.30. The fourth-order valence-electron chi connectivity index (χ4n) is 1.28. The third kappa shape index (κ3) is 3.91. The van der Waals surface area contributed by atoms with Gasteiger partial charge in [0.2, 0.25) is 0 Å². The van der Waals surface area contributed by atoms with Crippen molar-refractivity contribution in [2.75, 3.05) is 0 Å². The Kier molecular flexibility index (Phi) is 4.61. The number of terminal acetylenes is 1. The van der Waals surface area contributed by atoms with Gasteiger partial charge in [-0.2, -0.15) is 0 Å². The zero-order valence-corrected chi connectivity index (χ0v) is 9.31. The SMILES string of the molecule is C#CC(CC)NCc1cc(F)cc(Cl)c1. The maximum absolute atomic E-state index is 13.0. The lowest BCUT2D eigenvalue weighted by Crippen LogP contribution is -2.26. The van der Waals surface area contributed by atoms with Gasteiger partial charge in [-0.1, -0.05) is 24.4 Å². The highest BCUT2D eigenvalue weighted by atomic mass is 35.5. The van der Waals surface area contributed by atoms with E-state index in [0.717, 1.165) is 12.0 Å². The molecule has 0 saturated carbocycles. The van der Waals surface area contributed by atoms with Crippen molar-refractivity contribution in [3.8, 4) is 12.3 Å². The van der Waals surface area contributed by atoms with Crippen molar-refractivity contribution in [3.05, 3.63) is 34.6 Å². The Morgan fingerprint density at radius 2 is 2.27 bits per heavy atom. The Bertz CT molecular complexity index is 350. The monoisotopic (exact) mass is 225 g/mol. The van der Waals surface area contributed by atoms with Gasteiger partial charge in [0, 0.05) is 11.6 Å². The minimum atomic E-state index is -0.326. The molecule has 0 spiro atoms. The van der Waals surface area contributed by atoms with Crippen LogP contribution in [0, 0.1) is 18.2 Å². The molecular formula is C12H13ClFN. The van der Waals surface area contributed by atoms with Gasteiger partial charge < -0.3 is 0 Å². The number of rotatable bonds is 4. The highest BCUT2D eigenvalue weighted by Crippen LogP contribution is 2.14. The zero-order chi connectivity index (χ0) is 11.3. The minimum Gasteiger partial charge on any atom is -0.300 e. The number of nitrogens with one attached hydrogen (secondary N) is 1. The number of hydrogen-bond acceptors (Lipinski definition) is 1. The molecule has 1 aromatic carbocycles. The third-order valence-electron chi connectivity index (χ3n) is 2.08. The Morgan fingerprint density at radius 1 is 1.53 bits per heavy atom. The molecule has 0 fully saturated rings. The average Bonchev–Trinajstić information content (AvgIpc) is 2.18. The van der Waals surface area contributed by atoms with Crippen molar-refractivity contribution in [2.45, 2.75) is 25.9 Å². The van der Waals surface area contributed by atoms with E-state index in [1.165, 1.54) is 12.1 Å². The van der Waals surface area contributed by atoms with Crippen LogP contribution in [0.5, 0.6) is 0 Å². The molecule has 0 aliphatic heterocycles. The first-order chi connectivity index (χ1) is 7.15. The van der Waals surface area contributed by atoms with E-state index in [-0.39, 0.29) is 11.9 Å². The minimum absolute atomic E-state index is 0.0204. The molecule has 1 atom stereocenters. The zero-order valence-electron chi connectivity index (χ0n) is 8.56. The molecule has 0 bridgehead atoms. The topological polar surface area (TPSA) is 12.0 Å². The number of halogens is 2. The normalized spacial score (nSPS) is 12.1. The molecule has 15 heavy (non-hydrogen) atoms. The Hall–Kier alpha value is -1.04. The largest absolute Gasteiger partial charge is 0.300 e. The summed E-state index contributed by atoms with van der Waals surface area (Å²) in [5.41, 5.74) is 0.800. The van der Waals surface area contributed by atoms with Gasteiger partial charge in [-0.3, -0.25) is 5.32 Å². The van der Waals surface area contributed by atoms with E-state index in [1.807, 2.05) is 6.92 Å². The summed E-state index contributed by atoms with van der Waals surface area (Å²) in [6.07, 6.45) is 6.14. The van der Waals surface area contributed by atoms with Crippen molar-refractivity contribution in [2.24, 2.45) is 0 Å². The van der Waals surface area contributed by atoms with E-state index in [2.05, 4.69) is 11.2 Å². The van der Waals surface area contributed by atoms with Gasteiger partial charge in [0.1, 0.15) is 5.82 Å². The predicted molar refractivity (Wildman–Crippen MR) is 61.2 cm³/mol. The van der Waals surface area contributed by atoms with Crippen LogP contribution in [-0.2, 0) is 6.54 Å². The molecule has 1 unspecified atom stereocenters. The molecule has 1 aromatic rings. The van der Waals surface area contributed by atoms with Gasteiger partial charge in [-0.25, -0.2) is 4.39 Å². The van der Waals surface area contributed by atoms with Gasteiger partial charge in [-0.05, 0) is 30.2 Å². The smallest absolute Gasteiger partial charge is 0.125 e. The molecule has 0 aromatic heterocycles. The highest BCUT2D eigenvalue weighted by molar-refractivity contribution is 6.30. The predicted octanol–water partition coefficient (Wildman–Crippen LogP) is 2.98. The van der Waals surface area contributed by atoms with Gasteiger partial charge in [0.15, 0.2) is 0 Å². The van der Waals surface area contributed by atoms with E-state index in [4.69, 9.17) is 18.0 Å². The number of benzene rings is 1.